The lowest BCUT2D eigenvalue weighted by Gasteiger charge is -2.36. The van der Waals surface area contributed by atoms with E-state index in [1.807, 2.05) is 0 Å². The monoisotopic (exact) mass is 450 g/mol. The average molecular weight is 450 g/mol. The van der Waals surface area contributed by atoms with Gasteiger partial charge >= 0.3 is 12.2 Å². The summed E-state index contributed by atoms with van der Waals surface area (Å²) >= 11 is 0. The number of nitrogens with two attached hydrogens (primary N) is 1. The highest BCUT2D eigenvalue weighted by Gasteiger charge is 2.48. The number of nitrogens with one attached hydrogen (secondary N) is 1. The molecule has 3 rings (SSSR count). The summed E-state index contributed by atoms with van der Waals surface area (Å²) in [6.45, 7) is 1.50. The van der Waals surface area contributed by atoms with Crippen LogP contribution in [0, 0.1) is 0 Å². The zero-order valence-corrected chi connectivity index (χ0v) is 17.1. The molecule has 1 aliphatic heterocycles. The molecule has 0 spiro atoms. The van der Waals surface area contributed by atoms with E-state index in [9.17, 15) is 26.7 Å². The van der Waals surface area contributed by atoms with Crippen molar-refractivity contribution in [2.75, 3.05) is 19.7 Å². The number of fused-ring (bicyclic) bond motifs is 1. The quantitative estimate of drug-likeness (QED) is 0.660. The predicted molar refractivity (Wildman–Crippen MR) is 99.5 cm³/mol. The highest BCUT2D eigenvalue weighted by atomic mass is 19.4. The van der Waals surface area contributed by atoms with Crippen LogP contribution < -0.4 is 11.1 Å². The van der Waals surface area contributed by atoms with Crippen molar-refractivity contribution in [3.8, 4) is 0 Å². The summed E-state index contributed by atoms with van der Waals surface area (Å²) in [6.07, 6.45) is -1.71. The van der Waals surface area contributed by atoms with Crippen LogP contribution in [0.3, 0.4) is 0 Å². The van der Waals surface area contributed by atoms with E-state index in [0.29, 0.717) is 11.2 Å². The number of imidazole rings is 1. The highest BCUT2D eigenvalue weighted by molar-refractivity contribution is 5.76. The number of alkyl halides is 5. The minimum absolute atomic E-state index is 0.248. The topological polar surface area (TPSA) is 97.8 Å². The highest BCUT2D eigenvalue weighted by Crippen LogP contribution is 2.33. The fraction of sp³-hybridized carbons (Fsp3) is 0.611. The molecule has 1 aliphatic rings. The van der Waals surface area contributed by atoms with Crippen LogP contribution in [0.5, 0.6) is 0 Å². The van der Waals surface area contributed by atoms with Gasteiger partial charge in [-0.1, -0.05) is 0 Å². The molecule has 3 heterocycles. The fourth-order valence-electron chi connectivity index (χ4n) is 2.96. The largest absolute Gasteiger partial charge is 0.416 e. The van der Waals surface area contributed by atoms with Crippen molar-refractivity contribution in [3.05, 3.63) is 29.7 Å². The van der Waals surface area contributed by atoms with Crippen LogP contribution in [0.1, 0.15) is 44.1 Å². The third kappa shape index (κ3) is 4.87. The Morgan fingerprint density at radius 3 is 2.68 bits per heavy atom. The van der Waals surface area contributed by atoms with E-state index in [2.05, 4.69) is 15.4 Å². The maximum absolute atomic E-state index is 13.7. The summed E-state index contributed by atoms with van der Waals surface area (Å²) in [4.78, 5) is 17.3. The number of hydrogen-bond donors (Lipinski definition) is 2. The summed E-state index contributed by atoms with van der Waals surface area (Å²) in [5, 5.41) is 6.29. The zero-order chi connectivity index (χ0) is 23.2. The van der Waals surface area contributed by atoms with Gasteiger partial charge in [-0.05, 0) is 32.4 Å². The lowest BCUT2D eigenvalue weighted by Crippen LogP contribution is -2.57. The van der Waals surface area contributed by atoms with Crippen LogP contribution >= 0.6 is 0 Å². The van der Waals surface area contributed by atoms with Crippen LogP contribution in [-0.4, -0.2) is 62.9 Å². The van der Waals surface area contributed by atoms with Crippen LogP contribution in [0.15, 0.2) is 18.5 Å². The van der Waals surface area contributed by atoms with Crippen molar-refractivity contribution >= 4 is 11.7 Å². The smallest absolute Gasteiger partial charge is 0.364 e. The molecule has 1 fully saturated rings. The van der Waals surface area contributed by atoms with Crippen molar-refractivity contribution in [1.82, 2.24) is 24.8 Å². The molecule has 172 valence electrons. The lowest BCUT2D eigenvalue weighted by atomic mass is 10.1. The van der Waals surface area contributed by atoms with Gasteiger partial charge in [0.15, 0.2) is 11.2 Å². The second-order valence-corrected chi connectivity index (χ2v) is 8.00. The van der Waals surface area contributed by atoms with E-state index < -0.39 is 55.5 Å². The second kappa shape index (κ2) is 7.86. The summed E-state index contributed by atoms with van der Waals surface area (Å²) in [5.41, 5.74) is 4.56. The van der Waals surface area contributed by atoms with Gasteiger partial charge in [-0.2, -0.15) is 18.3 Å². The molecule has 8 nitrogen and oxygen atoms in total. The summed E-state index contributed by atoms with van der Waals surface area (Å²) < 4.78 is 72.5. The Hall–Kier alpha value is -2.54. The number of halogens is 5. The first-order chi connectivity index (χ1) is 14.2. The molecule has 3 N–H and O–H groups in total. The number of hydrogen-bond acceptors (Lipinski definition) is 5. The van der Waals surface area contributed by atoms with Gasteiger partial charge in [0, 0.05) is 0 Å². The average Bonchev–Trinajstić information content (AvgIpc) is 3.10. The first-order valence-electron chi connectivity index (χ1n) is 9.44. The number of urea groups is 1. The van der Waals surface area contributed by atoms with E-state index in [-0.39, 0.29) is 5.69 Å². The molecule has 2 aromatic rings. The van der Waals surface area contributed by atoms with E-state index in [1.165, 1.54) is 16.9 Å². The maximum atomic E-state index is 13.7. The van der Waals surface area contributed by atoms with Gasteiger partial charge in [-0.25, -0.2) is 23.1 Å². The molecule has 0 aliphatic carbocycles. The number of amides is 2. The number of carbonyl (C=O) groups is 1. The van der Waals surface area contributed by atoms with Gasteiger partial charge in [0.2, 0.25) is 0 Å². The van der Waals surface area contributed by atoms with Crippen molar-refractivity contribution in [3.63, 3.8) is 0 Å². The van der Waals surface area contributed by atoms with E-state index in [4.69, 9.17) is 10.5 Å². The molecule has 0 bridgehead atoms. The number of carbonyl (C=O) groups excluding carboxylic acids is 1. The van der Waals surface area contributed by atoms with Crippen molar-refractivity contribution in [2.24, 2.45) is 5.73 Å². The molecular weight excluding hydrogens is 427 g/mol. The van der Waals surface area contributed by atoms with Crippen molar-refractivity contribution in [2.45, 2.75) is 50.6 Å². The minimum Gasteiger partial charge on any atom is -0.364 e. The Kier molecular flexibility index (Phi) is 5.86. The van der Waals surface area contributed by atoms with Gasteiger partial charge in [0.05, 0.1) is 49.9 Å². The Balaban J connectivity index is 1.76. The molecule has 0 saturated carbocycles. The van der Waals surface area contributed by atoms with E-state index >= 15 is 0 Å². The Bertz CT molecular complexity index is 961. The van der Waals surface area contributed by atoms with Gasteiger partial charge in [-0.15, -0.1) is 0 Å². The summed E-state index contributed by atoms with van der Waals surface area (Å²) in [5.74, 6) is -3.06. The second-order valence-electron chi connectivity index (χ2n) is 8.00. The van der Waals surface area contributed by atoms with Gasteiger partial charge in [-0.3, -0.25) is 0 Å². The molecule has 2 atom stereocenters. The number of ether oxygens (including phenoxy) is 1. The molecule has 0 radical (unpaired) electrons. The molecule has 1 saturated heterocycles. The third-order valence-corrected chi connectivity index (χ3v) is 5.16. The first kappa shape index (κ1) is 23.1. The molecule has 0 unspecified atom stereocenters. The predicted octanol–water partition coefficient (Wildman–Crippen LogP) is 2.81. The van der Waals surface area contributed by atoms with E-state index in [0.717, 1.165) is 18.7 Å². The summed E-state index contributed by atoms with van der Waals surface area (Å²) in [7, 11) is 0. The Morgan fingerprint density at radius 1 is 1.35 bits per heavy atom. The van der Waals surface area contributed by atoms with Crippen molar-refractivity contribution in [1.29, 1.82) is 0 Å². The van der Waals surface area contributed by atoms with Crippen LogP contribution in [0.4, 0.5) is 26.7 Å². The standard InChI is InChI=1S/C18H23F5N6O2/c1-10(28-9-17(19,20)8-25-15(28)30)11-4-14-27-13(6-29(14)26-5-11)12(24)7-31-16(2,3)18(21,22)23/h4-6,10,12H,7-9,24H2,1-3H3,(H,25,30)/t10-,12+/m1/s1. The first-order valence-corrected chi connectivity index (χ1v) is 9.44. The SMILES string of the molecule is C[C@H](c1cnn2cc([C@@H](N)COC(C)(C)C(F)(F)F)nc2c1)N1CC(F)(F)CNC1=O. The third-order valence-electron chi connectivity index (χ3n) is 5.16. The van der Waals surface area contributed by atoms with Crippen LogP contribution in [0.2, 0.25) is 0 Å². The Labute approximate surface area is 174 Å². The molecule has 2 amide bonds. The van der Waals surface area contributed by atoms with E-state index in [1.54, 1.807) is 13.0 Å². The molecule has 13 heteroatoms. The number of aromatic nitrogens is 3. The minimum atomic E-state index is -4.56. The van der Waals surface area contributed by atoms with Crippen LogP contribution in [0.25, 0.3) is 5.65 Å². The molecule has 0 aromatic carbocycles. The number of rotatable bonds is 6. The molecule has 31 heavy (non-hydrogen) atoms. The maximum Gasteiger partial charge on any atom is 0.416 e. The zero-order valence-electron chi connectivity index (χ0n) is 17.1. The van der Waals surface area contributed by atoms with Gasteiger partial charge < -0.3 is 20.7 Å². The van der Waals surface area contributed by atoms with Crippen LogP contribution in [-0.2, 0) is 4.74 Å². The lowest BCUT2D eigenvalue weighted by molar-refractivity contribution is -0.264. The fourth-order valence-corrected chi connectivity index (χ4v) is 2.96. The molecule has 2 aromatic heterocycles. The van der Waals surface area contributed by atoms with Gasteiger partial charge in [0.25, 0.3) is 5.92 Å². The van der Waals surface area contributed by atoms with Crippen molar-refractivity contribution < 1.29 is 31.5 Å². The van der Waals surface area contributed by atoms with Gasteiger partial charge in [0.1, 0.15) is 0 Å². The summed E-state index contributed by atoms with van der Waals surface area (Å²) in [6, 6.07) is -0.730. The molecular formula is C18H23F5N6O2. The number of nitrogens with zero attached hydrogens (tertiary/aromatic N) is 4. The Morgan fingerprint density at radius 2 is 2.03 bits per heavy atom. The normalized spacial score (nSPS) is 19.4.